The largest absolute Gasteiger partial charge is 0.315 e. The Balaban J connectivity index is 1.86. The van der Waals surface area contributed by atoms with Crippen molar-refractivity contribution in [3.8, 4) is 5.69 Å². The van der Waals surface area contributed by atoms with Crippen molar-refractivity contribution >= 4 is 33.0 Å². The second-order valence-corrected chi connectivity index (χ2v) is 8.31. The fourth-order valence-electron chi connectivity index (χ4n) is 3.45. The first-order valence-electron chi connectivity index (χ1n) is 9.99. The molecule has 0 saturated carbocycles. The Hall–Kier alpha value is -2.99. The maximum absolute atomic E-state index is 13.3. The summed E-state index contributed by atoms with van der Waals surface area (Å²) in [6.07, 6.45) is 4.59. The van der Waals surface area contributed by atoms with Gasteiger partial charge >= 0.3 is 0 Å². The summed E-state index contributed by atoms with van der Waals surface area (Å²) in [5.74, 6) is 0.772. The summed E-state index contributed by atoms with van der Waals surface area (Å²) >= 11 is 3.45. The van der Waals surface area contributed by atoms with Crippen LogP contribution in [0.5, 0.6) is 0 Å². The quantitative estimate of drug-likeness (QED) is 0.359. The zero-order chi connectivity index (χ0) is 21.3. The van der Waals surface area contributed by atoms with Crippen LogP contribution >= 0.6 is 15.9 Å². The molecule has 0 amide bonds. The van der Waals surface area contributed by atoms with Crippen LogP contribution < -0.4 is 5.56 Å². The van der Waals surface area contributed by atoms with Gasteiger partial charge in [0.05, 0.1) is 22.8 Å². The molecule has 0 unspecified atom stereocenters. The fraction of sp³-hybridized carbons (Fsp3) is 0.208. The first-order chi connectivity index (χ1) is 14.5. The molecule has 0 bridgehead atoms. The number of rotatable bonds is 5. The molecule has 4 aromatic rings. The lowest BCUT2D eigenvalue weighted by Gasteiger charge is -2.14. The summed E-state index contributed by atoms with van der Waals surface area (Å²) < 4.78 is 4.35. The summed E-state index contributed by atoms with van der Waals surface area (Å²) in [7, 11) is 0. The molecule has 0 aliphatic rings. The van der Waals surface area contributed by atoms with Crippen LogP contribution in [0, 0.1) is 6.92 Å². The zero-order valence-corrected chi connectivity index (χ0v) is 18.8. The number of nitrogens with zero attached hydrogens (tertiary/aromatic N) is 4. The van der Waals surface area contributed by atoms with E-state index in [2.05, 4.69) is 58.5 Å². The third kappa shape index (κ3) is 3.75. The molecule has 4 rings (SSSR count). The van der Waals surface area contributed by atoms with E-state index in [1.165, 1.54) is 4.68 Å². The van der Waals surface area contributed by atoms with Crippen LogP contribution in [0.1, 0.15) is 43.3 Å². The summed E-state index contributed by atoms with van der Waals surface area (Å²) in [5.41, 5.74) is 3.66. The number of fused-ring (bicyclic) bond motifs is 1. The van der Waals surface area contributed by atoms with E-state index < -0.39 is 0 Å². The van der Waals surface area contributed by atoms with Gasteiger partial charge in [-0.15, -0.1) is 0 Å². The second kappa shape index (κ2) is 8.40. The van der Waals surface area contributed by atoms with Crippen molar-refractivity contribution in [1.82, 2.24) is 14.2 Å². The number of hydrogen-bond acceptors (Lipinski definition) is 3. The van der Waals surface area contributed by atoms with E-state index in [9.17, 15) is 4.79 Å². The van der Waals surface area contributed by atoms with Crippen molar-refractivity contribution in [2.75, 3.05) is 0 Å². The zero-order valence-electron chi connectivity index (χ0n) is 17.2. The molecule has 2 heterocycles. The number of hydrogen-bond donors (Lipinski definition) is 0. The van der Waals surface area contributed by atoms with Gasteiger partial charge in [-0.05, 0) is 55.3 Å². The number of aromatic nitrogens is 3. The number of aryl methyl sites for hydroxylation is 1. The SMILES string of the molecule is CC[C@H](C)c1nc2ccc(Br)cc2c(=O)n1N=Cc1cccn1-c1ccccc1C. The number of halogens is 1. The topological polar surface area (TPSA) is 52.2 Å². The van der Waals surface area contributed by atoms with Crippen molar-refractivity contribution in [3.05, 3.63) is 92.7 Å². The van der Waals surface area contributed by atoms with Gasteiger partial charge in [0.15, 0.2) is 0 Å². The Kier molecular flexibility index (Phi) is 5.68. The molecule has 6 heteroatoms. The minimum absolute atomic E-state index is 0.103. The normalized spacial score (nSPS) is 12.7. The minimum Gasteiger partial charge on any atom is -0.315 e. The minimum atomic E-state index is -0.165. The number of para-hydroxylation sites is 1. The molecule has 0 saturated heterocycles. The Bertz CT molecular complexity index is 1300. The van der Waals surface area contributed by atoms with Crippen LogP contribution in [0.3, 0.4) is 0 Å². The lowest BCUT2D eigenvalue weighted by molar-refractivity contribution is 0.613. The van der Waals surface area contributed by atoms with Crippen molar-refractivity contribution < 1.29 is 0 Å². The molecular formula is C24H23BrN4O. The predicted octanol–water partition coefficient (Wildman–Crippen LogP) is 5.65. The highest BCUT2D eigenvalue weighted by Gasteiger charge is 2.16. The summed E-state index contributed by atoms with van der Waals surface area (Å²) in [6.45, 7) is 6.22. The molecule has 5 nitrogen and oxygen atoms in total. The molecular weight excluding hydrogens is 440 g/mol. The van der Waals surface area contributed by atoms with Gasteiger partial charge in [0, 0.05) is 22.3 Å². The average molecular weight is 463 g/mol. The second-order valence-electron chi connectivity index (χ2n) is 7.39. The molecule has 2 aromatic carbocycles. The van der Waals surface area contributed by atoms with E-state index in [-0.39, 0.29) is 11.5 Å². The molecule has 0 fully saturated rings. The first kappa shape index (κ1) is 20.3. The van der Waals surface area contributed by atoms with E-state index in [4.69, 9.17) is 4.98 Å². The summed E-state index contributed by atoms with van der Waals surface area (Å²) in [5, 5.41) is 5.14. The van der Waals surface area contributed by atoms with Gasteiger partial charge in [0.25, 0.3) is 5.56 Å². The van der Waals surface area contributed by atoms with E-state index >= 15 is 0 Å². The van der Waals surface area contributed by atoms with Crippen molar-refractivity contribution in [2.45, 2.75) is 33.1 Å². The standard InChI is InChI=1S/C24H23BrN4O/c1-4-16(2)23-27-21-12-11-18(25)14-20(21)24(30)29(23)26-15-19-9-7-13-28(19)22-10-6-5-8-17(22)3/h5-16H,4H2,1-3H3/t16-/m0/s1. The molecule has 0 N–H and O–H groups in total. The highest BCUT2D eigenvalue weighted by atomic mass is 79.9. The van der Waals surface area contributed by atoms with E-state index in [1.807, 2.05) is 42.6 Å². The van der Waals surface area contributed by atoms with Crippen molar-refractivity contribution in [3.63, 3.8) is 0 Å². The third-order valence-corrected chi connectivity index (χ3v) is 5.84. The third-order valence-electron chi connectivity index (χ3n) is 5.35. The lowest BCUT2D eigenvalue weighted by Crippen LogP contribution is -2.24. The predicted molar refractivity (Wildman–Crippen MR) is 126 cm³/mol. The van der Waals surface area contributed by atoms with E-state index in [1.54, 1.807) is 12.3 Å². The summed E-state index contributed by atoms with van der Waals surface area (Å²) in [6, 6.07) is 17.7. The van der Waals surface area contributed by atoms with Gasteiger partial charge in [0.1, 0.15) is 5.82 Å². The van der Waals surface area contributed by atoms with Crippen LogP contribution in [0.15, 0.2) is 75.2 Å². The summed E-state index contributed by atoms with van der Waals surface area (Å²) in [4.78, 5) is 18.0. The lowest BCUT2D eigenvalue weighted by atomic mass is 10.1. The fourth-order valence-corrected chi connectivity index (χ4v) is 3.81. The highest BCUT2D eigenvalue weighted by molar-refractivity contribution is 9.10. The average Bonchev–Trinajstić information content (AvgIpc) is 3.21. The smallest absolute Gasteiger partial charge is 0.282 e. The Morgan fingerprint density at radius 2 is 1.97 bits per heavy atom. The van der Waals surface area contributed by atoms with Crippen LogP contribution in [-0.4, -0.2) is 20.4 Å². The van der Waals surface area contributed by atoms with Gasteiger partial charge in [-0.2, -0.15) is 9.78 Å². The maximum atomic E-state index is 13.3. The van der Waals surface area contributed by atoms with Crippen LogP contribution in [0.25, 0.3) is 16.6 Å². The van der Waals surface area contributed by atoms with Gasteiger partial charge in [-0.3, -0.25) is 4.79 Å². The molecule has 2 aromatic heterocycles. The Morgan fingerprint density at radius 3 is 2.73 bits per heavy atom. The van der Waals surface area contributed by atoms with Gasteiger partial charge < -0.3 is 4.57 Å². The van der Waals surface area contributed by atoms with Crippen molar-refractivity contribution in [2.24, 2.45) is 5.10 Å². The Morgan fingerprint density at radius 1 is 1.17 bits per heavy atom. The molecule has 0 radical (unpaired) electrons. The van der Waals surface area contributed by atoms with Crippen LogP contribution in [0.2, 0.25) is 0 Å². The Labute approximate surface area is 183 Å². The van der Waals surface area contributed by atoms with Crippen LogP contribution in [-0.2, 0) is 0 Å². The van der Waals surface area contributed by atoms with Crippen LogP contribution in [0.4, 0.5) is 0 Å². The highest BCUT2D eigenvalue weighted by Crippen LogP contribution is 2.21. The number of benzene rings is 2. The first-order valence-corrected chi connectivity index (χ1v) is 10.8. The molecule has 1 atom stereocenters. The molecule has 0 spiro atoms. The molecule has 30 heavy (non-hydrogen) atoms. The molecule has 152 valence electrons. The van der Waals surface area contributed by atoms with Gasteiger partial charge in [-0.1, -0.05) is 48.0 Å². The monoisotopic (exact) mass is 462 g/mol. The van der Waals surface area contributed by atoms with Crippen molar-refractivity contribution in [1.29, 1.82) is 0 Å². The van der Waals surface area contributed by atoms with Gasteiger partial charge in [0.2, 0.25) is 0 Å². The van der Waals surface area contributed by atoms with Gasteiger partial charge in [-0.25, -0.2) is 4.98 Å². The molecule has 0 aliphatic heterocycles. The van der Waals surface area contributed by atoms with E-state index in [0.29, 0.717) is 16.7 Å². The maximum Gasteiger partial charge on any atom is 0.282 e. The van der Waals surface area contributed by atoms with E-state index in [0.717, 1.165) is 27.8 Å². The molecule has 0 aliphatic carbocycles.